The van der Waals surface area contributed by atoms with E-state index in [0.717, 1.165) is 5.56 Å². The molecule has 0 saturated carbocycles. The number of carbonyl (C=O) groups excluding carboxylic acids is 1. The monoisotopic (exact) mass is 221 g/mol. The Labute approximate surface area is 94.3 Å². The molecule has 1 rings (SSSR count). The molecule has 0 aromatic heterocycles. The van der Waals surface area contributed by atoms with Gasteiger partial charge in [-0.1, -0.05) is 18.2 Å². The lowest BCUT2D eigenvalue weighted by molar-refractivity contribution is -0.142. The summed E-state index contributed by atoms with van der Waals surface area (Å²) in [5.41, 5.74) is 6.68. The van der Waals surface area contributed by atoms with E-state index in [0.29, 0.717) is 12.3 Å². The molecule has 0 spiro atoms. The summed E-state index contributed by atoms with van der Waals surface area (Å²) in [5.74, 6) is -0.201. The predicted octanol–water partition coefficient (Wildman–Crippen LogP) is 1.94. The number of hydrogen-bond acceptors (Lipinski definition) is 4. The second kappa shape index (κ2) is 5.80. The molecule has 0 aliphatic heterocycles. The third kappa shape index (κ3) is 3.65. The predicted molar refractivity (Wildman–Crippen MR) is 62.8 cm³/mol. The van der Waals surface area contributed by atoms with Gasteiger partial charge in [-0.25, -0.2) is 0 Å². The Morgan fingerprint density at radius 1 is 1.56 bits per heavy atom. The number of phenolic OH excluding ortho intramolecular Hbond substituents is 1. The third-order valence-corrected chi connectivity index (χ3v) is 1.95. The number of nitrogens with two attached hydrogens (primary N) is 1. The van der Waals surface area contributed by atoms with E-state index in [1.165, 1.54) is 6.07 Å². The van der Waals surface area contributed by atoms with Crippen LogP contribution in [0.4, 0.5) is 5.69 Å². The Bertz CT molecular complexity index is 399. The lowest BCUT2D eigenvalue weighted by atomic mass is 10.1. The van der Waals surface area contributed by atoms with E-state index >= 15 is 0 Å². The first-order chi connectivity index (χ1) is 7.63. The lowest BCUT2D eigenvalue weighted by Gasteiger charge is -2.00. The van der Waals surface area contributed by atoms with E-state index in [1.54, 1.807) is 31.2 Å². The van der Waals surface area contributed by atoms with Crippen LogP contribution in [0.15, 0.2) is 24.3 Å². The van der Waals surface area contributed by atoms with Crippen LogP contribution in [0.5, 0.6) is 5.75 Å². The van der Waals surface area contributed by atoms with Crippen molar-refractivity contribution in [3.8, 4) is 5.75 Å². The quantitative estimate of drug-likeness (QED) is 0.463. The zero-order chi connectivity index (χ0) is 12.0. The van der Waals surface area contributed by atoms with Crippen LogP contribution in [-0.2, 0) is 9.53 Å². The van der Waals surface area contributed by atoms with E-state index in [9.17, 15) is 9.90 Å². The van der Waals surface area contributed by atoms with Gasteiger partial charge in [0, 0.05) is 0 Å². The minimum Gasteiger partial charge on any atom is -0.506 e. The zero-order valence-electron chi connectivity index (χ0n) is 9.14. The highest BCUT2D eigenvalue weighted by molar-refractivity contribution is 5.73. The van der Waals surface area contributed by atoms with Crippen molar-refractivity contribution in [1.82, 2.24) is 0 Å². The minimum atomic E-state index is -0.259. The molecule has 1 aromatic rings. The van der Waals surface area contributed by atoms with Crippen molar-refractivity contribution in [2.75, 3.05) is 12.3 Å². The maximum Gasteiger partial charge on any atom is 0.309 e. The fourth-order valence-corrected chi connectivity index (χ4v) is 1.19. The molecule has 0 aliphatic rings. The van der Waals surface area contributed by atoms with Gasteiger partial charge in [0.1, 0.15) is 5.75 Å². The summed E-state index contributed by atoms with van der Waals surface area (Å²) < 4.78 is 4.77. The van der Waals surface area contributed by atoms with Crippen LogP contribution in [-0.4, -0.2) is 17.7 Å². The van der Waals surface area contributed by atoms with Crippen molar-refractivity contribution in [3.63, 3.8) is 0 Å². The first-order valence-electron chi connectivity index (χ1n) is 5.04. The third-order valence-electron chi connectivity index (χ3n) is 1.95. The average molecular weight is 221 g/mol. The Balaban J connectivity index is 2.56. The van der Waals surface area contributed by atoms with Crippen LogP contribution in [0, 0.1) is 0 Å². The highest BCUT2D eigenvalue weighted by atomic mass is 16.5. The average Bonchev–Trinajstić information content (AvgIpc) is 2.24. The summed E-state index contributed by atoms with van der Waals surface area (Å²) in [6.45, 7) is 2.15. The molecule has 1 aromatic carbocycles. The normalized spacial score (nSPS) is 10.6. The smallest absolute Gasteiger partial charge is 0.309 e. The zero-order valence-corrected chi connectivity index (χ0v) is 9.14. The van der Waals surface area contributed by atoms with Gasteiger partial charge in [0.15, 0.2) is 0 Å². The topological polar surface area (TPSA) is 72.5 Å². The molecule has 0 unspecified atom stereocenters. The van der Waals surface area contributed by atoms with Gasteiger partial charge in [-0.3, -0.25) is 4.79 Å². The van der Waals surface area contributed by atoms with Crippen molar-refractivity contribution in [3.05, 3.63) is 29.8 Å². The fraction of sp³-hybridized carbons (Fsp3) is 0.250. The first-order valence-corrected chi connectivity index (χ1v) is 5.04. The van der Waals surface area contributed by atoms with Gasteiger partial charge in [-0.05, 0) is 24.6 Å². The minimum absolute atomic E-state index is 0.0579. The summed E-state index contributed by atoms with van der Waals surface area (Å²) in [6.07, 6.45) is 3.69. The van der Waals surface area contributed by atoms with Gasteiger partial charge in [-0.2, -0.15) is 0 Å². The van der Waals surface area contributed by atoms with Crippen LogP contribution >= 0.6 is 0 Å². The molecule has 0 radical (unpaired) electrons. The SMILES string of the molecule is CCOC(=O)CC=Cc1ccc(O)c(N)c1. The molecule has 0 heterocycles. The van der Waals surface area contributed by atoms with Gasteiger partial charge >= 0.3 is 5.97 Å². The van der Waals surface area contributed by atoms with Crippen LogP contribution in [0.2, 0.25) is 0 Å². The summed E-state index contributed by atoms with van der Waals surface area (Å²) in [5, 5.41) is 9.20. The lowest BCUT2D eigenvalue weighted by Crippen LogP contribution is -2.01. The Hall–Kier alpha value is -1.97. The molecular weight excluding hydrogens is 206 g/mol. The molecule has 0 amide bonds. The first kappa shape index (κ1) is 12.1. The highest BCUT2D eigenvalue weighted by Gasteiger charge is 1.98. The maximum absolute atomic E-state index is 11.0. The molecule has 3 N–H and O–H groups in total. The van der Waals surface area contributed by atoms with Crippen LogP contribution in [0.1, 0.15) is 18.9 Å². The van der Waals surface area contributed by atoms with Crippen LogP contribution in [0.3, 0.4) is 0 Å². The number of aromatic hydroxyl groups is 1. The van der Waals surface area contributed by atoms with Crippen LogP contribution in [0.25, 0.3) is 6.08 Å². The van der Waals surface area contributed by atoms with Crippen molar-refractivity contribution in [1.29, 1.82) is 0 Å². The Morgan fingerprint density at radius 3 is 2.94 bits per heavy atom. The van der Waals surface area contributed by atoms with Gasteiger partial charge in [0.2, 0.25) is 0 Å². The number of carbonyl (C=O) groups is 1. The highest BCUT2D eigenvalue weighted by Crippen LogP contribution is 2.21. The molecule has 4 heteroatoms. The molecule has 0 bridgehead atoms. The van der Waals surface area contributed by atoms with E-state index < -0.39 is 0 Å². The van der Waals surface area contributed by atoms with Gasteiger partial charge < -0.3 is 15.6 Å². The molecule has 0 fully saturated rings. The second-order valence-electron chi connectivity index (χ2n) is 3.23. The van der Waals surface area contributed by atoms with E-state index in [4.69, 9.17) is 10.5 Å². The van der Waals surface area contributed by atoms with E-state index in [2.05, 4.69) is 0 Å². The summed E-state index contributed by atoms with van der Waals surface area (Å²) in [7, 11) is 0. The number of hydrogen-bond donors (Lipinski definition) is 2. The molecular formula is C12H15NO3. The fourth-order valence-electron chi connectivity index (χ4n) is 1.19. The number of anilines is 1. The molecule has 86 valence electrons. The van der Waals surface area contributed by atoms with Gasteiger partial charge in [0.05, 0.1) is 18.7 Å². The number of phenols is 1. The van der Waals surface area contributed by atoms with Gasteiger partial charge in [-0.15, -0.1) is 0 Å². The largest absolute Gasteiger partial charge is 0.506 e. The maximum atomic E-state index is 11.0. The van der Waals surface area contributed by atoms with Crippen molar-refractivity contribution >= 4 is 17.7 Å². The molecule has 0 atom stereocenters. The van der Waals surface area contributed by atoms with E-state index in [1.807, 2.05) is 0 Å². The van der Waals surface area contributed by atoms with E-state index in [-0.39, 0.29) is 18.1 Å². The number of rotatable bonds is 4. The number of nitrogen functional groups attached to an aromatic ring is 1. The Kier molecular flexibility index (Phi) is 4.39. The van der Waals surface area contributed by atoms with Gasteiger partial charge in [0.25, 0.3) is 0 Å². The van der Waals surface area contributed by atoms with Crippen LogP contribution < -0.4 is 5.73 Å². The standard InChI is InChI=1S/C12H15NO3/c1-2-16-12(15)5-3-4-9-6-7-11(14)10(13)8-9/h3-4,6-8,14H,2,5,13H2,1H3. The summed E-state index contributed by atoms with van der Waals surface area (Å²) in [4.78, 5) is 11.0. The molecule has 16 heavy (non-hydrogen) atoms. The van der Waals surface area contributed by atoms with Crippen molar-refractivity contribution in [2.45, 2.75) is 13.3 Å². The summed E-state index contributed by atoms with van der Waals surface area (Å²) in [6, 6.07) is 4.86. The van der Waals surface area contributed by atoms with Crippen molar-refractivity contribution in [2.24, 2.45) is 0 Å². The molecule has 0 saturated heterocycles. The second-order valence-corrected chi connectivity index (χ2v) is 3.23. The number of ether oxygens (including phenoxy) is 1. The Morgan fingerprint density at radius 2 is 2.31 bits per heavy atom. The molecule has 0 aliphatic carbocycles. The van der Waals surface area contributed by atoms with Crippen molar-refractivity contribution < 1.29 is 14.6 Å². The number of benzene rings is 1. The molecule has 4 nitrogen and oxygen atoms in total. The number of esters is 1. The summed E-state index contributed by atoms with van der Waals surface area (Å²) >= 11 is 0.